The van der Waals surface area contributed by atoms with Gasteiger partial charge in [0.2, 0.25) is 0 Å². The highest BCUT2D eigenvalue weighted by atomic mass is 28.4. The Labute approximate surface area is 151 Å². The third kappa shape index (κ3) is 7.08. The van der Waals surface area contributed by atoms with E-state index in [1.807, 2.05) is 0 Å². The maximum Gasteiger partial charge on any atom is 0.192 e. The average Bonchev–Trinajstić information content (AvgIpc) is 2.46. The molecular weight excluding hydrogens is 312 g/mol. The first-order valence-electron chi connectivity index (χ1n) is 9.46. The van der Waals surface area contributed by atoms with Gasteiger partial charge in [0.15, 0.2) is 8.32 Å². The molecular formula is C21H38O2Si. The van der Waals surface area contributed by atoms with Gasteiger partial charge in [-0.3, -0.25) is 0 Å². The third-order valence-electron chi connectivity index (χ3n) is 5.05. The van der Waals surface area contributed by atoms with Crippen molar-refractivity contribution < 1.29 is 9.16 Å². The first kappa shape index (κ1) is 21.4. The van der Waals surface area contributed by atoms with Gasteiger partial charge in [-0.1, -0.05) is 77.5 Å². The molecule has 3 heteroatoms. The summed E-state index contributed by atoms with van der Waals surface area (Å²) < 4.78 is 12.7. The Bertz CT molecular complexity index is 443. The van der Waals surface area contributed by atoms with Crippen molar-refractivity contribution >= 4 is 8.32 Å². The number of rotatable bonds is 7. The van der Waals surface area contributed by atoms with Gasteiger partial charge in [0.1, 0.15) is 6.10 Å². The van der Waals surface area contributed by atoms with E-state index in [-0.39, 0.29) is 17.2 Å². The molecule has 0 radical (unpaired) electrons. The van der Waals surface area contributed by atoms with E-state index in [1.54, 1.807) is 0 Å². The number of ether oxygens (including phenoxy) is 1. The molecule has 0 bridgehead atoms. The first-order chi connectivity index (χ1) is 11.2. The summed E-state index contributed by atoms with van der Waals surface area (Å²) in [6.45, 7) is 16.8. The molecule has 1 rings (SSSR count). The highest BCUT2D eigenvalue weighted by Crippen LogP contribution is 2.39. The Balaban J connectivity index is 2.69. The zero-order valence-electron chi connectivity index (χ0n) is 16.8. The molecule has 0 aromatic carbocycles. The van der Waals surface area contributed by atoms with E-state index in [9.17, 15) is 0 Å². The molecule has 138 valence electrons. The molecule has 0 amide bonds. The SMILES string of the molecule is CCC/C=C/C=C/C=C/[C@@H]1OC[C@H](C)C[C@H]1O[Si](C)(C)C(C)(C)C. The van der Waals surface area contributed by atoms with Crippen LogP contribution in [0.2, 0.25) is 18.1 Å². The fourth-order valence-corrected chi connectivity index (χ4v) is 3.82. The number of unbranched alkanes of at least 4 members (excludes halogenated alkanes) is 1. The average molecular weight is 351 g/mol. The Morgan fingerprint density at radius 1 is 1.12 bits per heavy atom. The molecule has 0 saturated carbocycles. The summed E-state index contributed by atoms with van der Waals surface area (Å²) in [5.74, 6) is 0.567. The van der Waals surface area contributed by atoms with Crippen LogP contribution >= 0.6 is 0 Å². The van der Waals surface area contributed by atoms with E-state index < -0.39 is 8.32 Å². The minimum atomic E-state index is -1.78. The molecule has 24 heavy (non-hydrogen) atoms. The largest absolute Gasteiger partial charge is 0.411 e. The van der Waals surface area contributed by atoms with Crippen molar-refractivity contribution in [3.8, 4) is 0 Å². The Morgan fingerprint density at radius 2 is 1.79 bits per heavy atom. The van der Waals surface area contributed by atoms with Gasteiger partial charge in [0.05, 0.1) is 12.7 Å². The van der Waals surface area contributed by atoms with Crippen LogP contribution in [0.3, 0.4) is 0 Å². The van der Waals surface area contributed by atoms with E-state index in [0.29, 0.717) is 5.92 Å². The lowest BCUT2D eigenvalue weighted by molar-refractivity contribution is -0.0652. The fraction of sp³-hybridized carbons (Fsp3) is 0.714. The van der Waals surface area contributed by atoms with Crippen molar-refractivity contribution in [1.82, 2.24) is 0 Å². The monoisotopic (exact) mass is 350 g/mol. The van der Waals surface area contributed by atoms with Crippen molar-refractivity contribution in [2.24, 2.45) is 5.92 Å². The van der Waals surface area contributed by atoms with Crippen LogP contribution in [0.4, 0.5) is 0 Å². The van der Waals surface area contributed by atoms with E-state index in [2.05, 4.69) is 84.2 Å². The van der Waals surface area contributed by atoms with Crippen molar-refractivity contribution in [1.29, 1.82) is 0 Å². The number of hydrogen-bond acceptors (Lipinski definition) is 2. The summed E-state index contributed by atoms with van der Waals surface area (Å²) in [7, 11) is -1.78. The third-order valence-corrected chi connectivity index (χ3v) is 9.56. The summed E-state index contributed by atoms with van der Waals surface area (Å²) in [6.07, 6.45) is 16.4. The molecule has 1 aliphatic heterocycles. The van der Waals surface area contributed by atoms with Crippen LogP contribution in [0.5, 0.6) is 0 Å². The van der Waals surface area contributed by atoms with Crippen molar-refractivity contribution in [2.45, 2.75) is 84.2 Å². The van der Waals surface area contributed by atoms with E-state index >= 15 is 0 Å². The smallest absolute Gasteiger partial charge is 0.192 e. The maximum atomic E-state index is 6.66. The van der Waals surface area contributed by atoms with Crippen molar-refractivity contribution in [3.05, 3.63) is 36.5 Å². The maximum absolute atomic E-state index is 6.66. The molecule has 0 spiro atoms. The summed E-state index contributed by atoms with van der Waals surface area (Å²) in [6, 6.07) is 0. The van der Waals surface area contributed by atoms with Crippen molar-refractivity contribution in [2.75, 3.05) is 6.61 Å². The standard InChI is InChI=1S/C21H38O2Si/c1-8-9-10-11-12-13-14-15-19-20(16-18(2)17-22-19)23-24(6,7)21(3,4)5/h10-15,18-20H,8-9,16-17H2,1-7H3/b11-10+,13-12+,15-14+/t18-,19+,20-/m1/s1. The second-order valence-electron chi connectivity index (χ2n) is 8.54. The summed E-state index contributed by atoms with van der Waals surface area (Å²) in [4.78, 5) is 0. The summed E-state index contributed by atoms with van der Waals surface area (Å²) in [5.41, 5.74) is 0. The zero-order chi connectivity index (χ0) is 18.2. The van der Waals surface area contributed by atoms with Gasteiger partial charge in [-0.05, 0) is 36.9 Å². The lowest BCUT2D eigenvalue weighted by Gasteiger charge is -2.43. The topological polar surface area (TPSA) is 18.5 Å². The second kappa shape index (κ2) is 9.74. The van der Waals surface area contributed by atoms with E-state index in [4.69, 9.17) is 9.16 Å². The Morgan fingerprint density at radius 3 is 2.42 bits per heavy atom. The molecule has 1 aliphatic rings. The molecule has 0 aromatic heterocycles. The van der Waals surface area contributed by atoms with Crippen LogP contribution < -0.4 is 0 Å². The molecule has 0 aliphatic carbocycles. The highest BCUT2D eigenvalue weighted by Gasteiger charge is 2.41. The molecule has 2 nitrogen and oxygen atoms in total. The molecule has 0 N–H and O–H groups in total. The first-order valence-corrected chi connectivity index (χ1v) is 12.4. The van der Waals surface area contributed by atoms with Crippen LogP contribution in [-0.2, 0) is 9.16 Å². The molecule has 0 aromatic rings. The number of hydrogen-bond donors (Lipinski definition) is 0. The van der Waals surface area contributed by atoms with Crippen LogP contribution in [-0.4, -0.2) is 27.1 Å². The van der Waals surface area contributed by atoms with Crippen LogP contribution in [0, 0.1) is 5.92 Å². The lowest BCUT2D eigenvalue weighted by Crippen LogP contribution is -2.49. The minimum absolute atomic E-state index is 0.0691. The van der Waals surface area contributed by atoms with Gasteiger partial charge < -0.3 is 9.16 Å². The fourth-order valence-electron chi connectivity index (χ4n) is 2.47. The Hall–Kier alpha value is -0.643. The predicted molar refractivity (Wildman–Crippen MR) is 108 cm³/mol. The lowest BCUT2D eigenvalue weighted by atomic mass is 9.97. The number of allylic oxidation sites excluding steroid dienone is 5. The van der Waals surface area contributed by atoms with Gasteiger partial charge >= 0.3 is 0 Å². The van der Waals surface area contributed by atoms with E-state index in [0.717, 1.165) is 19.4 Å². The van der Waals surface area contributed by atoms with Gasteiger partial charge in [-0.2, -0.15) is 0 Å². The predicted octanol–water partition coefficient (Wildman–Crippen LogP) is 6.27. The molecule has 1 heterocycles. The quantitative estimate of drug-likeness (QED) is 0.398. The van der Waals surface area contributed by atoms with Gasteiger partial charge in [-0.15, -0.1) is 0 Å². The minimum Gasteiger partial charge on any atom is -0.411 e. The zero-order valence-corrected chi connectivity index (χ0v) is 17.8. The van der Waals surface area contributed by atoms with Gasteiger partial charge in [-0.25, -0.2) is 0 Å². The van der Waals surface area contributed by atoms with Crippen LogP contribution in [0.1, 0.15) is 53.9 Å². The molecule has 0 unspecified atom stereocenters. The van der Waals surface area contributed by atoms with Crippen LogP contribution in [0.25, 0.3) is 0 Å². The summed E-state index contributed by atoms with van der Waals surface area (Å²) >= 11 is 0. The van der Waals surface area contributed by atoms with Crippen molar-refractivity contribution in [3.63, 3.8) is 0 Å². The second-order valence-corrected chi connectivity index (χ2v) is 13.3. The molecule has 1 fully saturated rings. The van der Waals surface area contributed by atoms with E-state index in [1.165, 1.54) is 6.42 Å². The summed E-state index contributed by atoms with van der Waals surface area (Å²) in [5, 5.41) is 0.228. The van der Waals surface area contributed by atoms with Crippen LogP contribution in [0.15, 0.2) is 36.5 Å². The van der Waals surface area contributed by atoms with Gasteiger partial charge in [0, 0.05) is 0 Å². The van der Waals surface area contributed by atoms with Gasteiger partial charge in [0.25, 0.3) is 0 Å². The normalized spacial score (nSPS) is 26.9. The highest BCUT2D eigenvalue weighted by molar-refractivity contribution is 6.74. The Kier molecular flexibility index (Phi) is 8.68. The molecule has 3 atom stereocenters. The molecule has 1 saturated heterocycles.